The molecule has 0 fully saturated rings. The van der Waals surface area contributed by atoms with Crippen molar-refractivity contribution in [2.24, 2.45) is 0 Å². The van der Waals surface area contributed by atoms with Gasteiger partial charge in [-0.3, -0.25) is 9.89 Å². The Morgan fingerprint density at radius 1 is 1.06 bits per heavy atom. The molecule has 3 aromatic rings. The van der Waals surface area contributed by atoms with E-state index in [4.69, 9.17) is 25.8 Å². The number of halogens is 1. The Morgan fingerprint density at radius 2 is 1.85 bits per heavy atom. The van der Waals surface area contributed by atoms with Crippen LogP contribution in [-0.4, -0.2) is 54.5 Å². The summed E-state index contributed by atoms with van der Waals surface area (Å²) in [6, 6.07) is 13.0. The van der Waals surface area contributed by atoms with Crippen molar-refractivity contribution in [1.82, 2.24) is 15.1 Å². The number of amides is 1. The van der Waals surface area contributed by atoms with Crippen LogP contribution in [0.1, 0.15) is 54.3 Å². The summed E-state index contributed by atoms with van der Waals surface area (Å²) >= 11 is 6.10. The predicted molar refractivity (Wildman–Crippen MR) is 132 cm³/mol. The number of nitrogens with one attached hydrogen (secondary N) is 1. The number of carbonyl (C=O) groups is 1. The highest BCUT2D eigenvalue weighted by molar-refractivity contribution is 6.30. The number of hydrogen-bond acceptors (Lipinski definition) is 5. The number of H-pyrrole nitrogens is 1. The normalized spacial score (nSPS) is 15.0. The first kappa shape index (κ1) is 24.1. The topological polar surface area (TPSA) is 76.7 Å². The van der Waals surface area contributed by atoms with E-state index < -0.39 is 0 Å². The lowest BCUT2D eigenvalue weighted by Crippen LogP contribution is -2.32. The van der Waals surface area contributed by atoms with Crippen molar-refractivity contribution in [2.75, 3.05) is 33.5 Å². The smallest absolute Gasteiger partial charge is 0.273 e. The summed E-state index contributed by atoms with van der Waals surface area (Å²) in [5.74, 6) is 1.27. The van der Waals surface area contributed by atoms with Gasteiger partial charge in [-0.1, -0.05) is 43.1 Å². The first-order valence-electron chi connectivity index (χ1n) is 11.6. The molecule has 1 aliphatic heterocycles. The summed E-state index contributed by atoms with van der Waals surface area (Å²) in [4.78, 5) is 15.2. The van der Waals surface area contributed by atoms with Crippen LogP contribution in [0.25, 0.3) is 11.3 Å². The fourth-order valence-corrected chi connectivity index (χ4v) is 4.33. The van der Waals surface area contributed by atoms with Gasteiger partial charge in [0.25, 0.3) is 5.91 Å². The summed E-state index contributed by atoms with van der Waals surface area (Å²) in [5.41, 5.74) is 3.87. The molecule has 0 radical (unpaired) electrons. The molecule has 1 atom stereocenters. The van der Waals surface area contributed by atoms with E-state index in [1.165, 1.54) is 0 Å². The Labute approximate surface area is 205 Å². The second-order valence-electron chi connectivity index (χ2n) is 8.10. The maximum absolute atomic E-state index is 13.4. The van der Waals surface area contributed by atoms with Crippen molar-refractivity contribution in [2.45, 2.75) is 32.7 Å². The Bertz CT molecular complexity index is 1130. The Kier molecular flexibility index (Phi) is 7.75. The number of carbonyl (C=O) groups excluding carboxylic acids is 1. The molecule has 0 bridgehead atoms. The lowest BCUT2D eigenvalue weighted by Gasteiger charge is -2.27. The molecule has 4 rings (SSSR count). The van der Waals surface area contributed by atoms with Gasteiger partial charge in [-0.2, -0.15) is 5.10 Å². The third kappa shape index (κ3) is 4.76. The summed E-state index contributed by atoms with van der Waals surface area (Å²) in [7, 11) is 1.63. The number of aromatic amines is 1. The van der Waals surface area contributed by atoms with Crippen LogP contribution in [0.5, 0.6) is 11.5 Å². The van der Waals surface area contributed by atoms with Crippen LogP contribution in [-0.2, 0) is 4.74 Å². The maximum atomic E-state index is 13.4. The van der Waals surface area contributed by atoms with Crippen LogP contribution in [0.15, 0.2) is 42.5 Å². The number of aromatic nitrogens is 2. The van der Waals surface area contributed by atoms with Gasteiger partial charge in [-0.15, -0.1) is 0 Å². The van der Waals surface area contributed by atoms with Gasteiger partial charge >= 0.3 is 0 Å². The zero-order valence-electron chi connectivity index (χ0n) is 19.8. The van der Waals surface area contributed by atoms with E-state index in [1.807, 2.05) is 54.3 Å². The van der Waals surface area contributed by atoms with Gasteiger partial charge in [0.15, 0.2) is 11.5 Å². The van der Waals surface area contributed by atoms with E-state index in [0.717, 1.165) is 35.2 Å². The molecule has 2 aromatic carbocycles. The summed E-state index contributed by atoms with van der Waals surface area (Å²) in [6.07, 6.45) is 2.02. The molecule has 1 unspecified atom stereocenters. The molecule has 1 aromatic heterocycles. The van der Waals surface area contributed by atoms with Crippen molar-refractivity contribution >= 4 is 17.5 Å². The van der Waals surface area contributed by atoms with E-state index in [0.29, 0.717) is 48.6 Å². The highest BCUT2D eigenvalue weighted by Gasteiger charge is 2.42. The Morgan fingerprint density at radius 3 is 2.56 bits per heavy atom. The number of methoxy groups -OCH3 is 1. The van der Waals surface area contributed by atoms with Crippen molar-refractivity contribution in [1.29, 1.82) is 0 Å². The summed E-state index contributed by atoms with van der Waals surface area (Å²) < 4.78 is 17.2. The molecule has 8 heteroatoms. The molecular weight excluding hydrogens is 454 g/mol. The molecule has 1 aliphatic rings. The van der Waals surface area contributed by atoms with Gasteiger partial charge in [0.05, 0.1) is 31.6 Å². The standard InChI is InChI=1S/C26H30ClN3O4/c1-4-6-14-34-20-12-9-18(16-21(20)33-5-2)25-22-23(17-7-10-19(27)11-8-17)28-29-24(22)26(31)30(25)13-15-32-3/h7-12,16,25H,4-6,13-15H2,1-3H3,(H,28,29). The minimum Gasteiger partial charge on any atom is -0.490 e. The van der Waals surface area contributed by atoms with E-state index in [-0.39, 0.29) is 11.9 Å². The Hall–Kier alpha value is -3.03. The largest absolute Gasteiger partial charge is 0.490 e. The fourth-order valence-electron chi connectivity index (χ4n) is 4.20. The molecule has 1 amide bonds. The van der Waals surface area contributed by atoms with Crippen molar-refractivity contribution in [3.63, 3.8) is 0 Å². The monoisotopic (exact) mass is 483 g/mol. The quantitative estimate of drug-likeness (QED) is 0.364. The maximum Gasteiger partial charge on any atom is 0.273 e. The SMILES string of the molecule is CCCCOc1ccc(C2c3c(-c4ccc(Cl)cc4)n[nH]c3C(=O)N2CCOC)cc1OCC. The van der Waals surface area contributed by atoms with Crippen molar-refractivity contribution < 1.29 is 19.0 Å². The number of fused-ring (bicyclic) bond motifs is 1. The number of unbranched alkanes of at least 4 members (excludes halogenated alkanes) is 1. The molecule has 0 saturated carbocycles. The molecule has 34 heavy (non-hydrogen) atoms. The zero-order valence-corrected chi connectivity index (χ0v) is 20.5. The van der Waals surface area contributed by atoms with Gasteiger partial charge in [-0.05, 0) is 43.2 Å². The number of nitrogens with zero attached hydrogens (tertiary/aromatic N) is 2. The number of benzene rings is 2. The van der Waals surface area contributed by atoms with Crippen LogP contribution in [0, 0.1) is 0 Å². The first-order valence-corrected chi connectivity index (χ1v) is 12.0. The average molecular weight is 484 g/mol. The van der Waals surface area contributed by atoms with Crippen molar-refractivity contribution in [3.8, 4) is 22.8 Å². The van der Waals surface area contributed by atoms with Crippen LogP contribution >= 0.6 is 11.6 Å². The Balaban J connectivity index is 1.79. The van der Waals surface area contributed by atoms with Gasteiger partial charge in [-0.25, -0.2) is 0 Å². The van der Waals surface area contributed by atoms with E-state index in [2.05, 4.69) is 17.1 Å². The van der Waals surface area contributed by atoms with Gasteiger partial charge in [0.2, 0.25) is 0 Å². The van der Waals surface area contributed by atoms with Crippen LogP contribution in [0.2, 0.25) is 5.02 Å². The third-order valence-corrected chi connectivity index (χ3v) is 6.11. The van der Waals surface area contributed by atoms with Crippen molar-refractivity contribution in [3.05, 3.63) is 64.3 Å². The van der Waals surface area contributed by atoms with Gasteiger partial charge in [0, 0.05) is 29.8 Å². The number of rotatable bonds is 11. The second kappa shape index (κ2) is 10.9. The fraction of sp³-hybridized carbons (Fsp3) is 0.385. The lowest BCUT2D eigenvalue weighted by molar-refractivity contribution is 0.0677. The summed E-state index contributed by atoms with van der Waals surface area (Å²) in [5, 5.41) is 8.12. The molecule has 1 N–H and O–H groups in total. The molecular formula is C26H30ClN3O4. The minimum absolute atomic E-state index is 0.106. The van der Waals surface area contributed by atoms with Gasteiger partial charge < -0.3 is 19.1 Å². The third-order valence-electron chi connectivity index (χ3n) is 5.86. The number of ether oxygens (including phenoxy) is 3. The molecule has 0 aliphatic carbocycles. The molecule has 2 heterocycles. The molecule has 180 valence electrons. The minimum atomic E-state index is -0.342. The van der Waals surface area contributed by atoms with Crippen LogP contribution in [0.4, 0.5) is 0 Å². The average Bonchev–Trinajstić information content (AvgIpc) is 3.38. The molecule has 7 nitrogen and oxygen atoms in total. The van der Waals surface area contributed by atoms with E-state index >= 15 is 0 Å². The predicted octanol–water partition coefficient (Wildman–Crippen LogP) is 5.50. The molecule has 0 saturated heterocycles. The van der Waals surface area contributed by atoms with E-state index in [9.17, 15) is 4.79 Å². The molecule has 0 spiro atoms. The van der Waals surface area contributed by atoms with Crippen LogP contribution < -0.4 is 9.47 Å². The van der Waals surface area contributed by atoms with Crippen LogP contribution in [0.3, 0.4) is 0 Å². The highest BCUT2D eigenvalue weighted by Crippen LogP contribution is 2.44. The van der Waals surface area contributed by atoms with Gasteiger partial charge in [0.1, 0.15) is 5.69 Å². The van der Waals surface area contributed by atoms with E-state index in [1.54, 1.807) is 7.11 Å². The summed E-state index contributed by atoms with van der Waals surface area (Å²) in [6.45, 7) is 6.08. The highest BCUT2D eigenvalue weighted by atomic mass is 35.5. The number of hydrogen-bond donors (Lipinski definition) is 1. The first-order chi connectivity index (χ1) is 16.6. The lowest BCUT2D eigenvalue weighted by atomic mass is 9.95. The second-order valence-corrected chi connectivity index (χ2v) is 8.54. The zero-order chi connectivity index (χ0) is 24.1.